The predicted octanol–water partition coefficient (Wildman–Crippen LogP) is 1.47. The third kappa shape index (κ3) is 2.80. The van der Waals surface area contributed by atoms with Crippen LogP contribution >= 0.6 is 15.9 Å². The molecule has 0 bridgehead atoms. The zero-order valence-corrected chi connectivity index (χ0v) is 8.23. The molecule has 0 amide bonds. The molecular weight excluding hydrogens is 194 g/mol. The first kappa shape index (κ1) is 10.1. The van der Waals surface area contributed by atoms with Crippen LogP contribution in [0.2, 0.25) is 0 Å². The molecule has 0 aromatic heterocycles. The van der Waals surface area contributed by atoms with Gasteiger partial charge in [-0.05, 0) is 20.3 Å². The highest BCUT2D eigenvalue weighted by Gasteiger charge is 2.27. The van der Waals surface area contributed by atoms with Crippen LogP contribution < -0.4 is 5.73 Å². The number of Topliss-reactive ketones (excluding diaryl/α,β-unsaturated/α-hetero) is 1. The Labute approximate surface area is 70.3 Å². The summed E-state index contributed by atoms with van der Waals surface area (Å²) in [6.45, 7) is 5.52. The minimum absolute atomic E-state index is 0.0648. The lowest BCUT2D eigenvalue weighted by atomic mass is 10.0. The number of carbonyl (C=O) groups excluding carboxylic acids is 1. The molecule has 0 radical (unpaired) electrons. The van der Waals surface area contributed by atoms with Crippen molar-refractivity contribution in [2.24, 2.45) is 5.73 Å². The number of halogens is 1. The van der Waals surface area contributed by atoms with Gasteiger partial charge in [-0.15, -0.1) is 0 Å². The van der Waals surface area contributed by atoms with Crippen LogP contribution in [0.5, 0.6) is 0 Å². The summed E-state index contributed by atoms with van der Waals surface area (Å²) in [6.07, 6.45) is 0.702. The van der Waals surface area contributed by atoms with E-state index in [2.05, 4.69) is 15.9 Å². The molecule has 1 unspecified atom stereocenters. The number of rotatable bonds is 3. The third-order valence-corrected chi connectivity index (χ3v) is 1.75. The molecule has 0 fully saturated rings. The maximum atomic E-state index is 11.2. The largest absolute Gasteiger partial charge is 0.321 e. The van der Waals surface area contributed by atoms with Gasteiger partial charge >= 0.3 is 0 Å². The maximum absolute atomic E-state index is 11.2. The first-order valence-electron chi connectivity index (χ1n) is 3.38. The fourth-order valence-corrected chi connectivity index (χ4v) is 0.920. The van der Waals surface area contributed by atoms with Crippen LogP contribution in [0.1, 0.15) is 27.2 Å². The smallest absolute Gasteiger partial charge is 0.165 e. The fourth-order valence-electron chi connectivity index (χ4n) is 0.626. The lowest BCUT2D eigenvalue weighted by Crippen LogP contribution is -2.40. The van der Waals surface area contributed by atoms with E-state index in [-0.39, 0.29) is 11.8 Å². The molecule has 0 heterocycles. The van der Waals surface area contributed by atoms with E-state index < -0.39 is 4.32 Å². The van der Waals surface area contributed by atoms with Crippen LogP contribution in [0.4, 0.5) is 0 Å². The predicted molar refractivity (Wildman–Crippen MR) is 46.3 cm³/mol. The van der Waals surface area contributed by atoms with Gasteiger partial charge < -0.3 is 5.73 Å². The van der Waals surface area contributed by atoms with Crippen molar-refractivity contribution < 1.29 is 4.79 Å². The molecule has 1 atom stereocenters. The first-order chi connectivity index (χ1) is 4.39. The highest BCUT2D eigenvalue weighted by Crippen LogP contribution is 2.18. The normalized spacial score (nSPS) is 14.9. The molecule has 60 valence electrons. The van der Waals surface area contributed by atoms with Crippen LogP contribution in [0.15, 0.2) is 0 Å². The van der Waals surface area contributed by atoms with Gasteiger partial charge in [-0.1, -0.05) is 22.9 Å². The summed E-state index contributed by atoms with van der Waals surface area (Å²) in [5.74, 6) is 0.0648. The Morgan fingerprint density at radius 3 is 2.20 bits per heavy atom. The number of hydrogen-bond acceptors (Lipinski definition) is 2. The lowest BCUT2D eigenvalue weighted by Gasteiger charge is -2.18. The van der Waals surface area contributed by atoms with E-state index in [0.717, 1.165) is 0 Å². The van der Waals surface area contributed by atoms with Crippen molar-refractivity contribution >= 4 is 21.7 Å². The summed E-state index contributed by atoms with van der Waals surface area (Å²) >= 11 is 3.26. The SMILES string of the molecule is CCC(N)C(=O)C(C)(C)Br. The topological polar surface area (TPSA) is 43.1 Å². The number of ketones is 1. The Morgan fingerprint density at radius 2 is 2.10 bits per heavy atom. The molecule has 0 saturated heterocycles. The molecule has 0 aliphatic heterocycles. The standard InChI is InChI=1S/C7H14BrNO/c1-4-5(9)6(10)7(2,3)8/h5H,4,9H2,1-3H3. The second-order valence-corrected chi connectivity index (χ2v) is 4.83. The van der Waals surface area contributed by atoms with Crippen LogP contribution in [0, 0.1) is 0 Å². The van der Waals surface area contributed by atoms with Gasteiger partial charge in [-0.25, -0.2) is 0 Å². The van der Waals surface area contributed by atoms with Crippen LogP contribution in [-0.2, 0) is 4.79 Å². The molecule has 0 saturated carbocycles. The molecule has 0 aromatic carbocycles. The average molecular weight is 208 g/mol. The van der Waals surface area contributed by atoms with Gasteiger partial charge in [0.2, 0.25) is 0 Å². The number of nitrogens with two attached hydrogens (primary N) is 1. The van der Waals surface area contributed by atoms with Crippen molar-refractivity contribution in [1.82, 2.24) is 0 Å². The monoisotopic (exact) mass is 207 g/mol. The van der Waals surface area contributed by atoms with Crippen molar-refractivity contribution in [3.05, 3.63) is 0 Å². The molecular formula is C7H14BrNO. The second kappa shape index (κ2) is 3.49. The van der Waals surface area contributed by atoms with E-state index in [0.29, 0.717) is 6.42 Å². The van der Waals surface area contributed by atoms with E-state index in [1.807, 2.05) is 20.8 Å². The van der Waals surface area contributed by atoms with Crippen LogP contribution in [0.25, 0.3) is 0 Å². The molecule has 2 N–H and O–H groups in total. The summed E-state index contributed by atoms with van der Waals surface area (Å²) in [5.41, 5.74) is 5.52. The Bertz CT molecular complexity index is 128. The minimum atomic E-state index is -0.470. The highest BCUT2D eigenvalue weighted by atomic mass is 79.9. The van der Waals surface area contributed by atoms with E-state index >= 15 is 0 Å². The van der Waals surface area contributed by atoms with Crippen molar-refractivity contribution in [3.63, 3.8) is 0 Å². The van der Waals surface area contributed by atoms with Crippen LogP contribution in [0.3, 0.4) is 0 Å². The number of hydrogen-bond donors (Lipinski definition) is 1. The summed E-state index contributed by atoms with van der Waals surface area (Å²) in [4.78, 5) is 11.2. The van der Waals surface area contributed by atoms with Gasteiger partial charge in [0.05, 0.1) is 10.4 Å². The zero-order valence-electron chi connectivity index (χ0n) is 6.65. The number of alkyl halides is 1. The van der Waals surface area contributed by atoms with Gasteiger partial charge in [0.25, 0.3) is 0 Å². The van der Waals surface area contributed by atoms with Crippen molar-refractivity contribution in [3.8, 4) is 0 Å². The Kier molecular flexibility index (Phi) is 3.52. The zero-order chi connectivity index (χ0) is 8.36. The average Bonchev–Trinajstić information content (AvgIpc) is 1.83. The molecule has 0 rings (SSSR count). The molecule has 3 heteroatoms. The van der Waals surface area contributed by atoms with Crippen LogP contribution in [-0.4, -0.2) is 16.1 Å². The fraction of sp³-hybridized carbons (Fsp3) is 0.857. The van der Waals surface area contributed by atoms with E-state index in [9.17, 15) is 4.79 Å². The van der Waals surface area contributed by atoms with E-state index in [1.165, 1.54) is 0 Å². The summed E-state index contributed by atoms with van der Waals surface area (Å²) in [6, 6.07) is -0.325. The van der Waals surface area contributed by atoms with Gasteiger partial charge in [0, 0.05) is 0 Å². The molecule has 0 aliphatic carbocycles. The molecule has 0 aliphatic rings. The van der Waals surface area contributed by atoms with Crippen molar-refractivity contribution in [1.29, 1.82) is 0 Å². The number of carbonyl (C=O) groups is 1. The Hall–Kier alpha value is 0.110. The lowest BCUT2D eigenvalue weighted by molar-refractivity contribution is -0.121. The van der Waals surface area contributed by atoms with E-state index in [4.69, 9.17) is 5.73 Å². The molecule has 10 heavy (non-hydrogen) atoms. The second-order valence-electron chi connectivity index (χ2n) is 2.85. The summed E-state index contributed by atoms with van der Waals surface area (Å²) in [5, 5.41) is 0. The maximum Gasteiger partial charge on any atom is 0.165 e. The first-order valence-corrected chi connectivity index (χ1v) is 4.17. The van der Waals surface area contributed by atoms with Gasteiger partial charge in [0.1, 0.15) is 0 Å². The Balaban J connectivity index is 4.09. The third-order valence-electron chi connectivity index (χ3n) is 1.36. The van der Waals surface area contributed by atoms with Gasteiger partial charge in [-0.2, -0.15) is 0 Å². The minimum Gasteiger partial charge on any atom is -0.321 e. The van der Waals surface area contributed by atoms with Gasteiger partial charge in [-0.3, -0.25) is 4.79 Å². The summed E-state index contributed by atoms with van der Waals surface area (Å²) < 4.78 is -0.470. The highest BCUT2D eigenvalue weighted by molar-refractivity contribution is 9.10. The van der Waals surface area contributed by atoms with E-state index in [1.54, 1.807) is 0 Å². The van der Waals surface area contributed by atoms with Crippen molar-refractivity contribution in [2.75, 3.05) is 0 Å². The molecule has 0 aromatic rings. The van der Waals surface area contributed by atoms with Gasteiger partial charge in [0.15, 0.2) is 5.78 Å². The summed E-state index contributed by atoms with van der Waals surface area (Å²) in [7, 11) is 0. The Morgan fingerprint density at radius 1 is 1.70 bits per heavy atom. The quantitative estimate of drug-likeness (QED) is 0.713. The van der Waals surface area contributed by atoms with Crippen molar-refractivity contribution in [2.45, 2.75) is 37.6 Å². The molecule has 2 nitrogen and oxygen atoms in total. The molecule has 0 spiro atoms.